The molecule has 120 valence electrons. The van der Waals surface area contributed by atoms with E-state index in [0.717, 1.165) is 11.8 Å². The van der Waals surface area contributed by atoms with E-state index in [1.165, 1.54) is 12.1 Å². The zero-order valence-electron chi connectivity index (χ0n) is 13.1. The van der Waals surface area contributed by atoms with Crippen LogP contribution in [0, 0.1) is 0 Å². The largest absolute Gasteiger partial charge is 0.248 e. The second-order valence-electron chi connectivity index (χ2n) is 6.07. The summed E-state index contributed by atoms with van der Waals surface area (Å²) in [5, 5.41) is 0. The van der Waals surface area contributed by atoms with Crippen molar-refractivity contribution in [2.45, 2.75) is 39.5 Å². The van der Waals surface area contributed by atoms with Gasteiger partial charge >= 0.3 is 0 Å². The molecule has 0 saturated carbocycles. The lowest BCUT2D eigenvalue weighted by Gasteiger charge is -2.24. The molecule has 0 amide bonds. The fraction of sp³-hybridized carbons (Fsp3) is 0.571. The first kappa shape index (κ1) is 18.0. The minimum absolute atomic E-state index is 0.0866. The summed E-state index contributed by atoms with van der Waals surface area (Å²) in [7, 11) is -7.79. The lowest BCUT2D eigenvalue weighted by Crippen LogP contribution is -2.37. The third kappa shape index (κ3) is 4.44. The molecule has 1 aromatic rings. The lowest BCUT2D eigenvalue weighted by atomic mass is 9.87. The first-order valence-electron chi connectivity index (χ1n) is 6.73. The molecule has 0 aliphatic heterocycles. The Hall–Kier alpha value is -1.08. The Morgan fingerprint density at radius 1 is 1.00 bits per heavy atom. The highest BCUT2D eigenvalue weighted by molar-refractivity contribution is 8.09. The fourth-order valence-electron chi connectivity index (χ4n) is 1.98. The van der Waals surface area contributed by atoms with E-state index in [9.17, 15) is 16.8 Å². The van der Waals surface area contributed by atoms with Crippen LogP contribution >= 0.6 is 0 Å². The van der Waals surface area contributed by atoms with Gasteiger partial charge in [0.15, 0.2) is 0 Å². The standard InChI is InChI=1S/C14H23NO4S2/c1-6-11-21(18,19)15(20(5,16)17)13-9-7-12(8-10-13)14(2,3)4/h7-10H,6,11H2,1-5H3. The van der Waals surface area contributed by atoms with Crippen LogP contribution in [-0.4, -0.2) is 28.8 Å². The number of hydrogen-bond donors (Lipinski definition) is 0. The Morgan fingerprint density at radius 2 is 1.48 bits per heavy atom. The van der Waals surface area contributed by atoms with Crippen LogP contribution < -0.4 is 3.71 Å². The van der Waals surface area contributed by atoms with E-state index in [4.69, 9.17) is 0 Å². The van der Waals surface area contributed by atoms with Gasteiger partial charge in [0.1, 0.15) is 0 Å². The van der Waals surface area contributed by atoms with Gasteiger partial charge < -0.3 is 0 Å². The number of anilines is 1. The van der Waals surface area contributed by atoms with Gasteiger partial charge in [0.05, 0.1) is 17.7 Å². The first-order valence-corrected chi connectivity index (χ1v) is 10.2. The van der Waals surface area contributed by atoms with Crippen molar-refractivity contribution in [1.29, 1.82) is 0 Å². The normalized spacial score (nSPS) is 13.2. The second kappa shape index (κ2) is 5.96. The Bertz CT molecular complexity index is 683. The Kier molecular flexibility index (Phi) is 5.10. The summed E-state index contributed by atoms with van der Waals surface area (Å²) in [5.74, 6) is -0.207. The molecule has 0 heterocycles. The molecule has 7 heteroatoms. The van der Waals surface area contributed by atoms with Crippen molar-refractivity contribution in [1.82, 2.24) is 0 Å². The summed E-state index contributed by atoms with van der Waals surface area (Å²) in [6, 6.07) is 6.59. The Morgan fingerprint density at radius 3 is 1.81 bits per heavy atom. The van der Waals surface area contributed by atoms with Crippen LogP contribution in [0.2, 0.25) is 0 Å². The van der Waals surface area contributed by atoms with Gasteiger partial charge in [-0.15, -0.1) is 0 Å². The molecule has 0 spiro atoms. The van der Waals surface area contributed by atoms with Crippen molar-refractivity contribution in [3.8, 4) is 0 Å². The van der Waals surface area contributed by atoms with Crippen molar-refractivity contribution in [3.05, 3.63) is 29.8 Å². The maximum atomic E-state index is 12.2. The highest BCUT2D eigenvalue weighted by Crippen LogP contribution is 2.27. The van der Waals surface area contributed by atoms with Gasteiger partial charge in [0.2, 0.25) is 20.0 Å². The van der Waals surface area contributed by atoms with E-state index >= 15 is 0 Å². The number of benzene rings is 1. The minimum Gasteiger partial charge on any atom is -0.206 e. The summed E-state index contributed by atoms with van der Waals surface area (Å²) in [6.45, 7) is 7.79. The van der Waals surface area contributed by atoms with Crippen molar-refractivity contribution in [3.63, 3.8) is 0 Å². The molecule has 1 aromatic carbocycles. The molecule has 0 bridgehead atoms. The molecule has 0 unspecified atom stereocenters. The van der Waals surface area contributed by atoms with Gasteiger partial charge in [-0.3, -0.25) is 0 Å². The van der Waals surface area contributed by atoms with Crippen molar-refractivity contribution < 1.29 is 16.8 Å². The Labute approximate surface area is 128 Å². The zero-order chi connectivity index (χ0) is 16.5. The van der Waals surface area contributed by atoms with E-state index < -0.39 is 20.0 Å². The lowest BCUT2D eigenvalue weighted by molar-refractivity contribution is 0.586. The average molecular weight is 333 g/mol. The van der Waals surface area contributed by atoms with E-state index in [2.05, 4.69) is 0 Å². The molecule has 21 heavy (non-hydrogen) atoms. The van der Waals surface area contributed by atoms with Crippen molar-refractivity contribution >= 4 is 25.7 Å². The fourth-order valence-corrected chi connectivity index (χ4v) is 5.49. The van der Waals surface area contributed by atoms with Crippen LogP contribution in [0.4, 0.5) is 5.69 Å². The van der Waals surface area contributed by atoms with Crippen LogP contribution in [0.25, 0.3) is 0 Å². The topological polar surface area (TPSA) is 71.5 Å². The molecule has 0 saturated heterocycles. The van der Waals surface area contributed by atoms with Gasteiger partial charge in [-0.25, -0.2) is 16.8 Å². The van der Waals surface area contributed by atoms with E-state index in [0.29, 0.717) is 10.1 Å². The van der Waals surface area contributed by atoms with E-state index in [-0.39, 0.29) is 16.9 Å². The minimum atomic E-state index is -3.90. The van der Waals surface area contributed by atoms with Crippen LogP contribution in [0.15, 0.2) is 24.3 Å². The Balaban J connectivity index is 3.37. The maximum Gasteiger partial charge on any atom is 0.248 e. The van der Waals surface area contributed by atoms with Gasteiger partial charge in [0.25, 0.3) is 0 Å². The molecule has 0 radical (unpaired) electrons. The van der Waals surface area contributed by atoms with E-state index in [1.807, 2.05) is 20.8 Å². The summed E-state index contributed by atoms with van der Waals surface area (Å²) < 4.78 is 48.7. The summed E-state index contributed by atoms with van der Waals surface area (Å²) in [5.41, 5.74) is 1.07. The maximum absolute atomic E-state index is 12.2. The van der Waals surface area contributed by atoms with E-state index in [1.54, 1.807) is 19.1 Å². The molecule has 5 nitrogen and oxygen atoms in total. The first-order chi connectivity index (χ1) is 9.39. The quantitative estimate of drug-likeness (QED) is 0.830. The average Bonchev–Trinajstić information content (AvgIpc) is 2.25. The van der Waals surface area contributed by atoms with Crippen molar-refractivity contribution in [2.24, 2.45) is 0 Å². The smallest absolute Gasteiger partial charge is 0.206 e. The van der Waals surface area contributed by atoms with Crippen LogP contribution in [0.3, 0.4) is 0 Å². The van der Waals surface area contributed by atoms with Gasteiger partial charge in [0, 0.05) is 0 Å². The monoisotopic (exact) mass is 333 g/mol. The molecule has 0 aliphatic carbocycles. The number of hydrogen-bond acceptors (Lipinski definition) is 4. The van der Waals surface area contributed by atoms with Gasteiger partial charge in [-0.05, 0) is 29.5 Å². The molecule has 0 fully saturated rings. The van der Waals surface area contributed by atoms with Crippen molar-refractivity contribution in [2.75, 3.05) is 15.7 Å². The summed E-state index contributed by atoms with van der Waals surface area (Å²) in [6.07, 6.45) is 1.26. The molecular weight excluding hydrogens is 310 g/mol. The molecule has 0 aliphatic rings. The highest BCUT2D eigenvalue weighted by atomic mass is 32.3. The SMILES string of the molecule is CCCS(=O)(=O)N(c1ccc(C(C)(C)C)cc1)S(C)(=O)=O. The molecule has 0 N–H and O–H groups in total. The number of nitrogens with zero attached hydrogens (tertiary/aromatic N) is 1. The predicted octanol–water partition coefficient (Wildman–Crippen LogP) is 2.49. The molecule has 0 atom stereocenters. The van der Waals surface area contributed by atoms with Crippen LogP contribution in [0.1, 0.15) is 39.7 Å². The highest BCUT2D eigenvalue weighted by Gasteiger charge is 2.30. The molecular formula is C14H23NO4S2. The summed E-state index contributed by atoms with van der Waals surface area (Å²) in [4.78, 5) is 0. The third-order valence-corrected chi connectivity index (χ3v) is 6.91. The van der Waals surface area contributed by atoms with Crippen LogP contribution in [-0.2, 0) is 25.5 Å². The second-order valence-corrected chi connectivity index (χ2v) is 10.1. The molecule has 1 rings (SSSR count). The molecule has 0 aromatic heterocycles. The number of rotatable bonds is 5. The number of sulfonamides is 2. The third-order valence-electron chi connectivity index (χ3n) is 2.96. The zero-order valence-corrected chi connectivity index (χ0v) is 14.8. The van der Waals surface area contributed by atoms with Gasteiger partial charge in [-0.1, -0.05) is 39.8 Å². The van der Waals surface area contributed by atoms with Gasteiger partial charge in [-0.2, -0.15) is 3.71 Å². The predicted molar refractivity (Wildman–Crippen MR) is 86.5 cm³/mol. The van der Waals surface area contributed by atoms with Crippen LogP contribution in [0.5, 0.6) is 0 Å². The summed E-state index contributed by atoms with van der Waals surface area (Å²) >= 11 is 0.